The van der Waals surface area contributed by atoms with Crippen molar-refractivity contribution in [1.29, 1.82) is 0 Å². The highest BCUT2D eigenvalue weighted by atomic mass is 32.2. The van der Waals surface area contributed by atoms with Crippen LogP contribution < -0.4 is 0 Å². The Morgan fingerprint density at radius 2 is 1.57 bits per heavy atom. The quantitative estimate of drug-likeness (QED) is 0.253. The van der Waals surface area contributed by atoms with Crippen LogP contribution in [-0.2, 0) is 20.2 Å². The summed E-state index contributed by atoms with van der Waals surface area (Å²) >= 11 is 0. The molecule has 21 heavy (non-hydrogen) atoms. The molecule has 0 fully saturated rings. The summed E-state index contributed by atoms with van der Waals surface area (Å²) in [7, 11) is -9.98. The summed E-state index contributed by atoms with van der Waals surface area (Å²) in [6, 6.07) is 2.21. The summed E-state index contributed by atoms with van der Waals surface area (Å²) < 4.78 is 66.5. The minimum Gasteiger partial charge on any atom is -0.744 e. The van der Waals surface area contributed by atoms with Crippen molar-refractivity contribution in [1.82, 2.24) is 0 Å². The second-order valence-electron chi connectivity index (χ2n) is 5.23. The van der Waals surface area contributed by atoms with E-state index in [1.807, 2.05) is 0 Å². The van der Waals surface area contributed by atoms with Crippen molar-refractivity contribution in [3.05, 3.63) is 29.0 Å². The molecule has 0 saturated carbocycles. The van der Waals surface area contributed by atoms with E-state index in [2.05, 4.69) is 0 Å². The molecular weight excluding hydrogens is 322 g/mol. The van der Waals surface area contributed by atoms with Gasteiger partial charge in [0.05, 0.1) is 15.4 Å². The molecule has 0 aromatic heterocycles. The topological polar surface area (TPSA) is 140 Å². The third kappa shape index (κ3) is 4.49. The average molecular weight is 335 g/mol. The van der Waals surface area contributed by atoms with Gasteiger partial charge in [0.1, 0.15) is 20.2 Å². The zero-order valence-electron chi connectivity index (χ0n) is 11.4. The van der Waals surface area contributed by atoms with Crippen molar-refractivity contribution in [2.24, 2.45) is 0 Å². The smallest absolute Gasteiger partial charge is 0.183 e. The molecule has 0 radical (unpaired) electrons. The fraction of sp³-hybridized carbons (Fsp3) is 0.364. The van der Waals surface area contributed by atoms with Crippen LogP contribution in [0.25, 0.3) is 0 Å². The van der Waals surface area contributed by atoms with E-state index in [0.29, 0.717) is 10.8 Å². The summed E-state index contributed by atoms with van der Waals surface area (Å²) in [4.78, 5) is -1.80. The van der Waals surface area contributed by atoms with E-state index in [1.54, 1.807) is 20.8 Å². The third-order valence-corrected chi connectivity index (χ3v) is 4.18. The van der Waals surface area contributed by atoms with Gasteiger partial charge in [-0.2, -0.15) is 0 Å². The van der Waals surface area contributed by atoms with Gasteiger partial charge in [0.2, 0.25) is 0 Å². The van der Waals surface area contributed by atoms with Crippen LogP contribution >= 0.6 is 0 Å². The van der Waals surface area contributed by atoms with Gasteiger partial charge in [-0.25, -0.2) is 21.6 Å². The molecule has 0 bridgehead atoms. The Kier molecular flexibility index (Phi) is 4.49. The molecule has 0 amide bonds. The maximum atomic E-state index is 11.8. The fourth-order valence-corrected chi connectivity index (χ4v) is 2.57. The molecule has 0 aliphatic rings. The molecule has 1 aromatic rings. The van der Waals surface area contributed by atoms with E-state index < -0.39 is 35.6 Å². The van der Waals surface area contributed by atoms with Gasteiger partial charge in [0.15, 0.2) is 11.8 Å². The number of benzene rings is 1. The number of hydrogen-bond acceptors (Lipinski definition) is 7. The number of hydrogen-bond donors (Lipinski definition) is 0. The van der Waals surface area contributed by atoms with Crippen LogP contribution in [0.15, 0.2) is 28.0 Å². The van der Waals surface area contributed by atoms with Gasteiger partial charge in [-0.1, -0.05) is 0 Å². The molecule has 0 atom stereocenters. The summed E-state index contributed by atoms with van der Waals surface area (Å²) in [6.07, 6.45) is 0.853. The van der Waals surface area contributed by atoms with Crippen LogP contribution in [0.4, 0.5) is 0 Å². The van der Waals surface area contributed by atoms with Crippen LogP contribution in [0, 0.1) is 5.21 Å². The molecule has 8 nitrogen and oxygen atoms in total. The molecular formula is C11H13NO7S2-2. The molecule has 0 spiro atoms. The van der Waals surface area contributed by atoms with Crippen LogP contribution in [0.2, 0.25) is 0 Å². The van der Waals surface area contributed by atoms with Crippen molar-refractivity contribution in [2.45, 2.75) is 36.1 Å². The van der Waals surface area contributed by atoms with Gasteiger partial charge in [0.25, 0.3) is 0 Å². The second-order valence-corrected chi connectivity index (χ2v) is 7.96. The molecule has 0 saturated heterocycles. The molecule has 0 aliphatic carbocycles. The minimum atomic E-state index is -5.06. The average Bonchev–Trinajstić information content (AvgIpc) is 2.25. The summed E-state index contributed by atoms with van der Waals surface area (Å²) in [5.41, 5.74) is -1.19. The van der Waals surface area contributed by atoms with Gasteiger partial charge in [-0.05, 0) is 18.2 Å². The predicted molar refractivity (Wildman–Crippen MR) is 70.9 cm³/mol. The molecule has 1 aromatic carbocycles. The Labute approximate surface area is 122 Å². The zero-order chi connectivity index (χ0) is 16.6. The number of nitrogens with zero attached hydrogens (tertiary/aromatic N) is 1. The molecule has 0 unspecified atom stereocenters. The van der Waals surface area contributed by atoms with Crippen LogP contribution in [0.1, 0.15) is 26.3 Å². The van der Waals surface area contributed by atoms with Crippen molar-refractivity contribution in [3.63, 3.8) is 0 Å². The summed E-state index contributed by atoms with van der Waals surface area (Å²) in [5, 5.41) is 11.8. The Morgan fingerprint density at radius 1 is 1.05 bits per heavy atom. The molecule has 0 N–H and O–H groups in total. The zero-order valence-corrected chi connectivity index (χ0v) is 13.1. The first-order valence-electron chi connectivity index (χ1n) is 5.60. The molecule has 1 rings (SSSR count). The van der Waals surface area contributed by atoms with E-state index in [4.69, 9.17) is 0 Å². The fourth-order valence-electron chi connectivity index (χ4n) is 1.31. The first kappa shape index (κ1) is 17.6. The first-order valence-corrected chi connectivity index (χ1v) is 8.42. The standard InChI is InChI=1S/C11H15NO7S2/c1-11(2,3)12(13)7-8-4-5-9(20(14,15)16)6-10(8)21(17,18)19/h4-7H,1-3H3,(H,14,15,16)(H,17,18,19)/p-2/b12-7-. The van der Waals surface area contributed by atoms with E-state index >= 15 is 0 Å². The maximum Gasteiger partial charge on any atom is 0.183 e. The van der Waals surface area contributed by atoms with Gasteiger partial charge in [-0.15, -0.1) is 0 Å². The third-order valence-electron chi connectivity index (χ3n) is 2.46. The van der Waals surface area contributed by atoms with Crippen molar-refractivity contribution in [3.8, 4) is 0 Å². The van der Waals surface area contributed by atoms with Crippen LogP contribution in [0.3, 0.4) is 0 Å². The minimum absolute atomic E-state index is 0.290. The number of rotatable bonds is 3. The van der Waals surface area contributed by atoms with Crippen LogP contribution in [-0.4, -0.2) is 42.4 Å². The molecule has 10 heteroatoms. The summed E-state index contributed by atoms with van der Waals surface area (Å²) in [5.74, 6) is 0. The van der Waals surface area contributed by atoms with Crippen molar-refractivity contribution >= 4 is 26.5 Å². The van der Waals surface area contributed by atoms with E-state index in [9.17, 15) is 31.1 Å². The van der Waals surface area contributed by atoms with Gasteiger partial charge in [0, 0.05) is 20.8 Å². The van der Waals surface area contributed by atoms with E-state index in [-0.39, 0.29) is 5.56 Å². The molecule has 0 aliphatic heterocycles. The highest BCUT2D eigenvalue weighted by Gasteiger charge is 2.20. The highest BCUT2D eigenvalue weighted by molar-refractivity contribution is 7.86. The maximum absolute atomic E-state index is 11.8. The normalized spacial score (nSPS) is 14.2. The molecule has 0 heterocycles. The molecule has 118 valence electrons. The van der Waals surface area contributed by atoms with Crippen molar-refractivity contribution in [2.75, 3.05) is 0 Å². The lowest BCUT2D eigenvalue weighted by Crippen LogP contribution is -2.29. The van der Waals surface area contributed by atoms with Gasteiger partial charge in [-0.3, -0.25) is 0 Å². The largest absolute Gasteiger partial charge is 0.744 e. The van der Waals surface area contributed by atoms with E-state index in [1.165, 1.54) is 0 Å². The Bertz CT molecular complexity index is 786. The predicted octanol–water partition coefficient (Wildman–Crippen LogP) is 0.223. The SMILES string of the molecule is CC(C)(C)/[N+]([O-])=C/c1ccc(S(=O)(=O)[O-])cc1S(=O)(=O)[O-]. The Morgan fingerprint density at radius 3 is 1.95 bits per heavy atom. The van der Waals surface area contributed by atoms with E-state index in [0.717, 1.165) is 18.3 Å². The first-order chi connectivity index (χ1) is 9.23. The van der Waals surface area contributed by atoms with Crippen LogP contribution in [0.5, 0.6) is 0 Å². The number of hydroxylamine groups is 1. The lowest BCUT2D eigenvalue weighted by Gasteiger charge is -2.20. The lowest BCUT2D eigenvalue weighted by atomic mass is 10.1. The highest BCUT2D eigenvalue weighted by Crippen LogP contribution is 2.20. The lowest BCUT2D eigenvalue weighted by molar-refractivity contribution is -0.530. The Hall–Kier alpha value is -1.49. The summed E-state index contributed by atoms with van der Waals surface area (Å²) in [6.45, 7) is 4.66. The second kappa shape index (κ2) is 5.37. The monoisotopic (exact) mass is 335 g/mol. The Balaban J connectivity index is 3.63. The van der Waals surface area contributed by atoms with Gasteiger partial charge >= 0.3 is 0 Å². The van der Waals surface area contributed by atoms with Crippen molar-refractivity contribution < 1.29 is 30.7 Å². The van der Waals surface area contributed by atoms with Gasteiger partial charge < -0.3 is 14.3 Å².